The Morgan fingerprint density at radius 1 is 0.266 bits per heavy atom. The topological polar surface area (TPSA) is 8.17 Å². The zero-order valence-electron chi connectivity index (χ0n) is 44.0. The molecule has 0 aliphatic heterocycles. The molecule has 0 N–H and O–H groups in total. The summed E-state index contributed by atoms with van der Waals surface area (Å²) in [6.45, 7) is 4.78. The van der Waals surface area contributed by atoms with Crippen LogP contribution in [0.5, 0.6) is 0 Å². The van der Waals surface area contributed by atoms with Gasteiger partial charge in [0.1, 0.15) is 0 Å². The Balaban J connectivity index is 0.945. The minimum Gasteiger partial charge on any atom is -0.310 e. The molecule has 2 nitrogen and oxygen atoms in total. The van der Waals surface area contributed by atoms with Gasteiger partial charge >= 0.3 is 0 Å². The minimum absolute atomic E-state index is 0.190. The summed E-state index contributed by atoms with van der Waals surface area (Å²) in [5.41, 5.74) is 29.2. The lowest BCUT2D eigenvalue weighted by molar-refractivity contribution is 0.660. The van der Waals surface area contributed by atoms with Crippen LogP contribution in [0, 0.1) is 0 Å². The van der Waals surface area contributed by atoms with Gasteiger partial charge in [-0.25, -0.2) is 0 Å². The second-order valence-corrected chi connectivity index (χ2v) is 22.7. The summed E-state index contributed by atoms with van der Waals surface area (Å²) >= 11 is 0. The van der Waals surface area contributed by atoms with Gasteiger partial charge in [0.2, 0.25) is 0 Å². The Morgan fingerprint density at radius 3 is 1.16 bits per heavy atom. The highest BCUT2D eigenvalue weighted by molar-refractivity contribution is 6.11. The maximum atomic E-state index is 2.55. The van der Waals surface area contributed by atoms with E-state index in [0.717, 1.165) is 28.3 Å². The zero-order valence-corrected chi connectivity index (χ0v) is 44.0. The van der Waals surface area contributed by atoms with E-state index in [2.05, 4.69) is 302 Å². The van der Waals surface area contributed by atoms with Gasteiger partial charge in [-0.15, -0.1) is 0 Å². The normalized spacial score (nSPS) is 14.8. The molecule has 0 bridgehead atoms. The molecule has 12 aromatic carbocycles. The fourth-order valence-electron chi connectivity index (χ4n) is 15.5. The van der Waals surface area contributed by atoms with Crippen molar-refractivity contribution in [3.63, 3.8) is 0 Å². The van der Waals surface area contributed by atoms with E-state index in [-0.39, 0.29) is 5.41 Å². The van der Waals surface area contributed by atoms with Gasteiger partial charge in [-0.2, -0.15) is 0 Å². The van der Waals surface area contributed by atoms with E-state index in [1.165, 1.54) is 116 Å². The van der Waals surface area contributed by atoms with E-state index in [0.29, 0.717) is 0 Å². The Labute approximate surface area is 460 Å². The fraction of sp³-hybridized carbons (Fsp3) is 0.0649. The highest BCUT2D eigenvalue weighted by Crippen LogP contribution is 2.64. The summed E-state index contributed by atoms with van der Waals surface area (Å²) in [7, 11) is 0. The Hall–Kier alpha value is -9.76. The van der Waals surface area contributed by atoms with Crippen molar-refractivity contribution in [2.45, 2.75) is 30.1 Å². The van der Waals surface area contributed by atoms with Crippen LogP contribution in [-0.4, -0.2) is 4.57 Å². The van der Waals surface area contributed by atoms with E-state index in [9.17, 15) is 0 Å². The van der Waals surface area contributed by atoms with E-state index in [1.54, 1.807) is 0 Å². The van der Waals surface area contributed by atoms with E-state index in [4.69, 9.17) is 0 Å². The molecule has 0 saturated heterocycles. The molecule has 1 heterocycles. The number of fused-ring (bicyclic) bond motifs is 19. The van der Waals surface area contributed by atoms with E-state index >= 15 is 0 Å². The second-order valence-electron chi connectivity index (χ2n) is 22.7. The number of hydrogen-bond acceptors (Lipinski definition) is 1. The van der Waals surface area contributed by atoms with Gasteiger partial charge in [0.05, 0.1) is 21.9 Å². The molecule has 13 aromatic rings. The second kappa shape index (κ2) is 16.1. The predicted octanol–water partition coefficient (Wildman–Crippen LogP) is 19.3. The van der Waals surface area contributed by atoms with Crippen molar-refractivity contribution in [1.82, 2.24) is 4.57 Å². The number of para-hydroxylation sites is 1. The van der Waals surface area contributed by atoms with Crippen molar-refractivity contribution in [2.75, 3.05) is 4.90 Å². The molecule has 2 heteroatoms. The molecule has 4 aliphatic carbocycles. The number of benzene rings is 12. The lowest BCUT2D eigenvalue weighted by Gasteiger charge is -2.34. The van der Waals surface area contributed by atoms with Crippen molar-refractivity contribution in [1.29, 1.82) is 0 Å². The summed E-state index contributed by atoms with van der Waals surface area (Å²) in [5, 5.41) is 2.41. The smallest absolute Gasteiger partial charge is 0.0726 e. The van der Waals surface area contributed by atoms with Crippen molar-refractivity contribution in [2.24, 2.45) is 0 Å². The first-order valence-electron chi connectivity index (χ1n) is 27.8. The average Bonchev–Trinajstić information content (AvgIpc) is 2.98. The molecular formula is C77H52N2. The lowest BCUT2D eigenvalue weighted by Crippen LogP contribution is -2.28. The third-order valence-corrected chi connectivity index (χ3v) is 18.7. The molecule has 17 rings (SSSR count). The van der Waals surface area contributed by atoms with Crippen LogP contribution in [0.2, 0.25) is 0 Å². The minimum atomic E-state index is -0.544. The number of anilines is 3. The quantitative estimate of drug-likeness (QED) is 0.161. The van der Waals surface area contributed by atoms with Gasteiger partial charge in [0.15, 0.2) is 0 Å². The maximum Gasteiger partial charge on any atom is 0.0726 e. The van der Waals surface area contributed by atoms with Gasteiger partial charge in [0.25, 0.3) is 0 Å². The van der Waals surface area contributed by atoms with Crippen molar-refractivity contribution in [3.8, 4) is 50.2 Å². The summed E-state index contributed by atoms with van der Waals surface area (Å²) in [5.74, 6) is 0. The van der Waals surface area contributed by atoms with Crippen LogP contribution >= 0.6 is 0 Å². The molecule has 0 radical (unpaired) electrons. The summed E-state index contributed by atoms with van der Waals surface area (Å²) in [4.78, 5) is 2.55. The van der Waals surface area contributed by atoms with Crippen LogP contribution in [0.15, 0.2) is 279 Å². The van der Waals surface area contributed by atoms with Crippen LogP contribution in [0.1, 0.15) is 69.5 Å². The molecule has 1 aromatic heterocycles. The number of rotatable bonds is 6. The highest BCUT2D eigenvalue weighted by Gasteiger charge is 2.52. The standard InChI is InChI=1S/C77H52N2/c1-75(2)65-31-15-9-25-55(65)61-41-38-53(47-71(61)75)78(54-39-42-62-60-30-14-20-36-70(60)77(72(62)48-54)68-34-18-12-28-58(68)59-29-13-19-35-69(59)77)52-40-44-74-64(46-52)63-45-50(37-43-73(63)79(74)51-23-7-4-8-24-51)76(49-21-5-3-6-22-49)66-32-16-10-26-56(66)57-27-11-17-33-67(57)76/h3-48H,1-2H3. The SMILES string of the molecule is CC1(C)c2ccccc2-c2ccc(N(c3ccc4c(c3)C3(c5ccccc5-c5ccccc53)c3ccccc3-4)c3ccc4c(c3)c3cc(C5(c6ccccc6)c6ccccc6-c6ccccc65)ccc3n4-c3ccccc3)cc21. The molecular weight excluding hydrogens is 953 g/mol. The number of hydrogen-bond donors (Lipinski definition) is 0. The molecule has 0 saturated carbocycles. The lowest BCUT2D eigenvalue weighted by atomic mass is 9.67. The molecule has 4 aliphatic rings. The molecule has 0 atom stereocenters. The fourth-order valence-corrected chi connectivity index (χ4v) is 15.5. The van der Waals surface area contributed by atoms with Gasteiger partial charge in [-0.05, 0) is 167 Å². The van der Waals surface area contributed by atoms with E-state index < -0.39 is 10.8 Å². The molecule has 79 heavy (non-hydrogen) atoms. The van der Waals surface area contributed by atoms with Crippen molar-refractivity contribution >= 4 is 38.9 Å². The number of nitrogens with zero attached hydrogens (tertiary/aromatic N) is 2. The first kappa shape index (κ1) is 44.4. The Bertz CT molecular complexity index is 4600. The maximum absolute atomic E-state index is 2.55. The van der Waals surface area contributed by atoms with Gasteiger partial charge in [0, 0.05) is 38.9 Å². The Kier molecular flexibility index (Phi) is 9.07. The monoisotopic (exact) mass is 1000 g/mol. The largest absolute Gasteiger partial charge is 0.310 e. The molecule has 1 spiro atoms. The predicted molar refractivity (Wildman–Crippen MR) is 327 cm³/mol. The van der Waals surface area contributed by atoms with Crippen LogP contribution in [-0.2, 0) is 16.2 Å². The highest BCUT2D eigenvalue weighted by atomic mass is 15.1. The third-order valence-electron chi connectivity index (χ3n) is 18.7. The molecule has 370 valence electrons. The van der Waals surface area contributed by atoms with Crippen molar-refractivity contribution < 1.29 is 0 Å². The van der Waals surface area contributed by atoms with Gasteiger partial charge in [-0.3, -0.25) is 0 Å². The van der Waals surface area contributed by atoms with Crippen LogP contribution in [0.25, 0.3) is 72.0 Å². The summed E-state index contributed by atoms with van der Waals surface area (Å²) in [6, 6.07) is 106. The number of aromatic nitrogens is 1. The molecule has 0 amide bonds. The summed E-state index contributed by atoms with van der Waals surface area (Å²) < 4.78 is 2.47. The van der Waals surface area contributed by atoms with Gasteiger partial charge in [-0.1, -0.05) is 226 Å². The Morgan fingerprint density at radius 2 is 0.633 bits per heavy atom. The van der Waals surface area contributed by atoms with Crippen molar-refractivity contribution in [3.05, 3.63) is 335 Å². The third kappa shape index (κ3) is 5.75. The van der Waals surface area contributed by atoms with E-state index in [1.807, 2.05) is 0 Å². The van der Waals surface area contributed by atoms with Gasteiger partial charge < -0.3 is 9.47 Å². The van der Waals surface area contributed by atoms with Crippen LogP contribution in [0.3, 0.4) is 0 Å². The zero-order chi connectivity index (χ0) is 52.2. The molecule has 0 unspecified atom stereocenters. The first-order chi connectivity index (χ1) is 39.0. The molecule has 0 fully saturated rings. The van der Waals surface area contributed by atoms with Crippen LogP contribution < -0.4 is 4.90 Å². The summed E-state index contributed by atoms with van der Waals surface area (Å²) in [6.07, 6.45) is 0. The first-order valence-corrected chi connectivity index (χ1v) is 27.8. The van der Waals surface area contributed by atoms with Crippen LogP contribution in [0.4, 0.5) is 17.1 Å². The average molecular weight is 1010 g/mol.